The Morgan fingerprint density at radius 2 is 1.75 bits per heavy atom. The van der Waals surface area contributed by atoms with Crippen molar-refractivity contribution in [1.29, 1.82) is 0 Å². The van der Waals surface area contributed by atoms with Crippen molar-refractivity contribution < 1.29 is 0 Å². The van der Waals surface area contributed by atoms with Gasteiger partial charge in [-0.1, -0.05) is 50.8 Å². The highest BCUT2D eigenvalue weighted by molar-refractivity contribution is 5.32. The second-order valence-electron chi connectivity index (χ2n) is 6.51. The number of nitrogens with one attached hydrogen (secondary N) is 1. The molecule has 1 unspecified atom stereocenters. The van der Waals surface area contributed by atoms with E-state index in [-0.39, 0.29) is 0 Å². The predicted octanol–water partition coefficient (Wildman–Crippen LogP) is 4.97. The Kier molecular flexibility index (Phi) is 6.09. The summed E-state index contributed by atoms with van der Waals surface area (Å²) in [5.74, 6) is 1.58. The van der Waals surface area contributed by atoms with Crippen molar-refractivity contribution in [1.82, 2.24) is 5.32 Å². The summed E-state index contributed by atoms with van der Waals surface area (Å²) in [7, 11) is 0. The third-order valence-corrected chi connectivity index (χ3v) is 5.04. The molecule has 0 spiro atoms. The molecule has 1 atom stereocenters. The van der Waals surface area contributed by atoms with E-state index in [1.54, 1.807) is 5.56 Å². The summed E-state index contributed by atoms with van der Waals surface area (Å²) >= 11 is 0. The van der Waals surface area contributed by atoms with Crippen LogP contribution in [0.4, 0.5) is 0 Å². The average Bonchev–Trinajstić information content (AvgIpc) is 2.72. The van der Waals surface area contributed by atoms with Crippen LogP contribution < -0.4 is 5.32 Å². The molecule has 1 N–H and O–H groups in total. The molecule has 20 heavy (non-hydrogen) atoms. The SMILES string of the molecule is CCNCC(c1ccc(C)c(C)c1)C1CCCCCC1. The summed E-state index contributed by atoms with van der Waals surface area (Å²) < 4.78 is 0. The molecule has 1 fully saturated rings. The van der Waals surface area contributed by atoms with Crippen LogP contribution in [0.25, 0.3) is 0 Å². The number of aryl methyl sites for hydroxylation is 2. The first-order chi connectivity index (χ1) is 9.72. The molecular formula is C19H31N. The van der Waals surface area contributed by atoms with Crippen molar-refractivity contribution in [2.75, 3.05) is 13.1 Å². The summed E-state index contributed by atoms with van der Waals surface area (Å²) in [6.07, 6.45) is 8.58. The van der Waals surface area contributed by atoms with E-state index in [1.807, 2.05) is 0 Å². The summed E-state index contributed by atoms with van der Waals surface area (Å²) in [4.78, 5) is 0. The topological polar surface area (TPSA) is 12.0 Å². The Hall–Kier alpha value is -0.820. The Labute approximate surface area is 125 Å². The zero-order valence-corrected chi connectivity index (χ0v) is 13.5. The minimum absolute atomic E-state index is 0.701. The van der Waals surface area contributed by atoms with Crippen LogP contribution in [0.15, 0.2) is 18.2 Å². The Morgan fingerprint density at radius 3 is 2.35 bits per heavy atom. The lowest BCUT2D eigenvalue weighted by Crippen LogP contribution is -2.26. The molecule has 0 amide bonds. The van der Waals surface area contributed by atoms with Crippen LogP contribution in [0.5, 0.6) is 0 Å². The molecule has 1 aliphatic rings. The van der Waals surface area contributed by atoms with Gasteiger partial charge in [0.15, 0.2) is 0 Å². The fraction of sp³-hybridized carbons (Fsp3) is 0.684. The van der Waals surface area contributed by atoms with Gasteiger partial charge in [0.1, 0.15) is 0 Å². The minimum Gasteiger partial charge on any atom is -0.316 e. The number of likely N-dealkylation sites (N-methyl/N-ethyl adjacent to an activating group) is 1. The fourth-order valence-corrected chi connectivity index (χ4v) is 3.57. The minimum atomic E-state index is 0.701. The van der Waals surface area contributed by atoms with Crippen molar-refractivity contribution in [3.05, 3.63) is 34.9 Å². The second kappa shape index (κ2) is 7.83. The van der Waals surface area contributed by atoms with E-state index in [4.69, 9.17) is 0 Å². The first kappa shape index (κ1) is 15.6. The monoisotopic (exact) mass is 273 g/mol. The van der Waals surface area contributed by atoms with Gasteiger partial charge in [0, 0.05) is 6.54 Å². The van der Waals surface area contributed by atoms with E-state index >= 15 is 0 Å². The van der Waals surface area contributed by atoms with Gasteiger partial charge in [-0.3, -0.25) is 0 Å². The van der Waals surface area contributed by atoms with Crippen LogP contribution in [0, 0.1) is 19.8 Å². The maximum absolute atomic E-state index is 3.60. The van der Waals surface area contributed by atoms with Crippen LogP contribution in [0.3, 0.4) is 0 Å². The van der Waals surface area contributed by atoms with Crippen LogP contribution in [0.1, 0.15) is 68.1 Å². The van der Waals surface area contributed by atoms with Gasteiger partial charge in [0.05, 0.1) is 0 Å². The fourth-order valence-electron chi connectivity index (χ4n) is 3.57. The Balaban J connectivity index is 2.18. The third-order valence-electron chi connectivity index (χ3n) is 5.04. The molecule has 0 aromatic heterocycles. The maximum Gasteiger partial charge on any atom is 0.00227 e. The van der Waals surface area contributed by atoms with Gasteiger partial charge in [0.2, 0.25) is 0 Å². The van der Waals surface area contributed by atoms with Gasteiger partial charge < -0.3 is 5.32 Å². The van der Waals surface area contributed by atoms with Crippen LogP contribution >= 0.6 is 0 Å². The van der Waals surface area contributed by atoms with Crippen LogP contribution in [0.2, 0.25) is 0 Å². The lowest BCUT2D eigenvalue weighted by atomic mass is 9.80. The molecule has 112 valence electrons. The molecule has 1 heteroatoms. The number of hydrogen-bond acceptors (Lipinski definition) is 1. The summed E-state index contributed by atoms with van der Waals surface area (Å²) in [6.45, 7) is 8.89. The molecule has 1 aromatic carbocycles. The molecule has 1 aromatic rings. The van der Waals surface area contributed by atoms with Crippen LogP contribution in [-0.4, -0.2) is 13.1 Å². The highest BCUT2D eigenvalue weighted by Crippen LogP contribution is 2.35. The van der Waals surface area contributed by atoms with E-state index in [0.29, 0.717) is 5.92 Å². The van der Waals surface area contributed by atoms with Crippen molar-refractivity contribution in [2.24, 2.45) is 5.92 Å². The van der Waals surface area contributed by atoms with Gasteiger partial charge in [-0.2, -0.15) is 0 Å². The van der Waals surface area contributed by atoms with Gasteiger partial charge >= 0.3 is 0 Å². The van der Waals surface area contributed by atoms with E-state index in [9.17, 15) is 0 Å². The van der Waals surface area contributed by atoms with E-state index in [1.165, 1.54) is 49.7 Å². The summed E-state index contributed by atoms with van der Waals surface area (Å²) in [6, 6.07) is 7.11. The maximum atomic E-state index is 3.60. The number of rotatable bonds is 5. The van der Waals surface area contributed by atoms with E-state index in [0.717, 1.165) is 19.0 Å². The van der Waals surface area contributed by atoms with Crippen molar-refractivity contribution in [3.63, 3.8) is 0 Å². The first-order valence-corrected chi connectivity index (χ1v) is 8.50. The predicted molar refractivity (Wildman–Crippen MR) is 88.4 cm³/mol. The highest BCUT2D eigenvalue weighted by atomic mass is 14.8. The summed E-state index contributed by atoms with van der Waals surface area (Å²) in [5.41, 5.74) is 4.41. The highest BCUT2D eigenvalue weighted by Gasteiger charge is 2.24. The second-order valence-corrected chi connectivity index (χ2v) is 6.51. The molecule has 1 aliphatic carbocycles. The first-order valence-electron chi connectivity index (χ1n) is 8.50. The Morgan fingerprint density at radius 1 is 1.05 bits per heavy atom. The molecule has 0 aliphatic heterocycles. The van der Waals surface area contributed by atoms with E-state index in [2.05, 4.69) is 44.3 Å². The van der Waals surface area contributed by atoms with Gasteiger partial charge in [-0.15, -0.1) is 0 Å². The number of hydrogen-bond donors (Lipinski definition) is 1. The third kappa shape index (κ3) is 4.09. The number of benzene rings is 1. The molecule has 1 saturated carbocycles. The standard InChI is InChI=1S/C19H31N/c1-4-20-14-19(17-9-7-5-6-8-10-17)18-12-11-15(2)16(3)13-18/h11-13,17,19-20H,4-10,14H2,1-3H3. The van der Waals surface area contributed by atoms with E-state index < -0.39 is 0 Å². The largest absolute Gasteiger partial charge is 0.316 e. The molecule has 0 heterocycles. The lowest BCUT2D eigenvalue weighted by molar-refractivity contribution is 0.363. The molecule has 1 nitrogen and oxygen atoms in total. The van der Waals surface area contributed by atoms with Gasteiger partial charge in [0.25, 0.3) is 0 Å². The zero-order chi connectivity index (χ0) is 14.4. The molecular weight excluding hydrogens is 242 g/mol. The molecule has 0 radical (unpaired) electrons. The molecule has 0 saturated heterocycles. The quantitative estimate of drug-likeness (QED) is 0.747. The molecule has 2 rings (SSSR count). The van der Waals surface area contributed by atoms with Gasteiger partial charge in [-0.25, -0.2) is 0 Å². The van der Waals surface area contributed by atoms with Crippen molar-refractivity contribution >= 4 is 0 Å². The van der Waals surface area contributed by atoms with Gasteiger partial charge in [-0.05, 0) is 61.8 Å². The van der Waals surface area contributed by atoms with Crippen molar-refractivity contribution in [3.8, 4) is 0 Å². The average molecular weight is 273 g/mol. The zero-order valence-electron chi connectivity index (χ0n) is 13.5. The Bertz CT molecular complexity index is 402. The summed E-state index contributed by atoms with van der Waals surface area (Å²) in [5, 5.41) is 3.60. The van der Waals surface area contributed by atoms with Crippen molar-refractivity contribution in [2.45, 2.75) is 65.2 Å². The smallest absolute Gasteiger partial charge is 0.00227 e. The normalized spacial score (nSPS) is 18.8. The molecule has 0 bridgehead atoms. The lowest BCUT2D eigenvalue weighted by Gasteiger charge is -2.27. The van der Waals surface area contributed by atoms with Crippen LogP contribution in [-0.2, 0) is 0 Å².